The molecule has 1 aliphatic rings. The number of aliphatic carboxylic acids is 1. The second-order valence-electron chi connectivity index (χ2n) is 4.77. The quantitative estimate of drug-likeness (QED) is 0.756. The molecule has 1 aromatic rings. The fraction of sp³-hybridized carbons (Fsp3) is 0.462. The number of thiophene rings is 1. The maximum Gasteiger partial charge on any atom is 0.318 e. The molecule has 0 radical (unpaired) electrons. The SMILES string of the molecule is Cc1ccc(CNC(=O)N2CCNC(=O)C2CC(=O)O)s1. The minimum atomic E-state index is -1.11. The molecule has 1 atom stereocenters. The number of piperazine rings is 1. The number of nitrogens with zero attached hydrogens (tertiary/aromatic N) is 1. The molecule has 1 aromatic heterocycles. The van der Waals surface area contributed by atoms with Crippen LogP contribution in [0.3, 0.4) is 0 Å². The fourth-order valence-electron chi connectivity index (χ4n) is 2.17. The predicted octanol–water partition coefficient (Wildman–Crippen LogP) is 0.541. The summed E-state index contributed by atoms with van der Waals surface area (Å²) in [7, 11) is 0. The van der Waals surface area contributed by atoms with E-state index in [1.165, 1.54) is 4.90 Å². The lowest BCUT2D eigenvalue weighted by molar-refractivity contribution is -0.142. The Morgan fingerprint density at radius 2 is 2.29 bits per heavy atom. The van der Waals surface area contributed by atoms with Crippen LogP contribution in [-0.4, -0.2) is 47.0 Å². The molecule has 1 unspecified atom stereocenters. The zero-order chi connectivity index (χ0) is 15.4. The largest absolute Gasteiger partial charge is 0.481 e. The third-order valence-electron chi connectivity index (χ3n) is 3.17. The van der Waals surface area contributed by atoms with Crippen LogP contribution in [0.1, 0.15) is 16.2 Å². The normalized spacial score (nSPS) is 18.2. The van der Waals surface area contributed by atoms with Crippen molar-refractivity contribution in [2.75, 3.05) is 13.1 Å². The van der Waals surface area contributed by atoms with Crippen LogP contribution in [0.5, 0.6) is 0 Å². The predicted molar refractivity (Wildman–Crippen MR) is 77.0 cm³/mol. The van der Waals surface area contributed by atoms with E-state index < -0.39 is 30.4 Å². The van der Waals surface area contributed by atoms with Gasteiger partial charge in [-0.05, 0) is 19.1 Å². The van der Waals surface area contributed by atoms with E-state index in [4.69, 9.17) is 5.11 Å². The molecule has 114 valence electrons. The van der Waals surface area contributed by atoms with E-state index in [9.17, 15) is 14.4 Å². The number of hydrogen-bond donors (Lipinski definition) is 3. The van der Waals surface area contributed by atoms with Gasteiger partial charge in [-0.3, -0.25) is 9.59 Å². The zero-order valence-electron chi connectivity index (χ0n) is 11.6. The van der Waals surface area contributed by atoms with Gasteiger partial charge < -0.3 is 20.6 Å². The molecule has 2 heterocycles. The van der Waals surface area contributed by atoms with E-state index >= 15 is 0 Å². The molecule has 7 nitrogen and oxygen atoms in total. The smallest absolute Gasteiger partial charge is 0.318 e. The Morgan fingerprint density at radius 1 is 1.52 bits per heavy atom. The summed E-state index contributed by atoms with van der Waals surface area (Å²) in [4.78, 5) is 38.2. The summed E-state index contributed by atoms with van der Waals surface area (Å²) >= 11 is 1.58. The Balaban J connectivity index is 1.98. The summed E-state index contributed by atoms with van der Waals surface area (Å²) in [6, 6.07) is 2.52. The topological polar surface area (TPSA) is 98.7 Å². The number of aryl methyl sites for hydroxylation is 1. The van der Waals surface area contributed by atoms with E-state index in [0.717, 1.165) is 9.75 Å². The Hall–Kier alpha value is -2.09. The molecule has 1 aliphatic heterocycles. The average molecular weight is 311 g/mol. The first-order valence-corrected chi connectivity index (χ1v) is 7.38. The Bertz CT molecular complexity index is 557. The van der Waals surface area contributed by atoms with Gasteiger partial charge in [0.1, 0.15) is 6.04 Å². The van der Waals surface area contributed by atoms with E-state index in [0.29, 0.717) is 19.6 Å². The summed E-state index contributed by atoms with van der Waals surface area (Å²) < 4.78 is 0. The first kappa shape index (κ1) is 15.3. The maximum atomic E-state index is 12.2. The van der Waals surface area contributed by atoms with E-state index in [2.05, 4.69) is 10.6 Å². The van der Waals surface area contributed by atoms with Gasteiger partial charge in [-0.25, -0.2) is 4.79 Å². The number of rotatable bonds is 4. The lowest BCUT2D eigenvalue weighted by Crippen LogP contribution is -2.59. The molecule has 0 saturated carbocycles. The van der Waals surface area contributed by atoms with Gasteiger partial charge in [0.05, 0.1) is 13.0 Å². The number of nitrogens with one attached hydrogen (secondary N) is 2. The Kier molecular flexibility index (Phi) is 4.79. The molecule has 3 amide bonds. The molecule has 0 aliphatic carbocycles. The second kappa shape index (κ2) is 6.57. The van der Waals surface area contributed by atoms with Gasteiger partial charge in [0.25, 0.3) is 0 Å². The Morgan fingerprint density at radius 3 is 2.90 bits per heavy atom. The first-order valence-electron chi connectivity index (χ1n) is 6.56. The van der Waals surface area contributed by atoms with Crippen molar-refractivity contribution >= 4 is 29.2 Å². The van der Waals surface area contributed by atoms with E-state index in [1.807, 2.05) is 19.1 Å². The van der Waals surface area contributed by atoms with Crippen molar-refractivity contribution in [1.29, 1.82) is 0 Å². The molecular formula is C13H17N3O4S. The van der Waals surface area contributed by atoms with E-state index in [1.54, 1.807) is 11.3 Å². The summed E-state index contributed by atoms with van der Waals surface area (Å²) in [5, 5.41) is 14.2. The molecule has 3 N–H and O–H groups in total. The van der Waals surface area contributed by atoms with Crippen LogP contribution in [0, 0.1) is 6.92 Å². The van der Waals surface area contributed by atoms with Gasteiger partial charge >= 0.3 is 12.0 Å². The molecule has 2 rings (SSSR count). The van der Waals surface area contributed by atoms with Crippen LogP contribution in [0.15, 0.2) is 12.1 Å². The van der Waals surface area contributed by atoms with Crippen LogP contribution in [0.25, 0.3) is 0 Å². The van der Waals surface area contributed by atoms with Crippen molar-refractivity contribution in [3.05, 3.63) is 21.9 Å². The minimum Gasteiger partial charge on any atom is -0.481 e. The van der Waals surface area contributed by atoms with Gasteiger partial charge in [0, 0.05) is 22.8 Å². The Labute approximate surface area is 125 Å². The summed E-state index contributed by atoms with van der Waals surface area (Å²) in [5.74, 6) is -1.53. The van der Waals surface area contributed by atoms with Gasteiger partial charge in [-0.1, -0.05) is 0 Å². The third-order valence-corrected chi connectivity index (χ3v) is 4.17. The van der Waals surface area contributed by atoms with Crippen LogP contribution in [-0.2, 0) is 16.1 Å². The van der Waals surface area contributed by atoms with Gasteiger partial charge in [0.2, 0.25) is 5.91 Å². The van der Waals surface area contributed by atoms with Crippen molar-refractivity contribution in [2.45, 2.75) is 25.9 Å². The first-order chi connectivity index (χ1) is 9.97. The minimum absolute atomic E-state index is 0.305. The molecule has 8 heteroatoms. The number of carboxylic acid groups (broad SMARTS) is 1. The third kappa shape index (κ3) is 3.94. The van der Waals surface area contributed by atoms with E-state index in [-0.39, 0.29) is 0 Å². The molecule has 21 heavy (non-hydrogen) atoms. The number of urea groups is 1. The van der Waals surface area contributed by atoms with Crippen molar-refractivity contribution < 1.29 is 19.5 Å². The lowest BCUT2D eigenvalue weighted by atomic mass is 10.1. The fourth-order valence-corrected chi connectivity index (χ4v) is 3.00. The number of hydrogen-bond acceptors (Lipinski definition) is 4. The molecular weight excluding hydrogens is 294 g/mol. The van der Waals surface area contributed by atoms with Crippen molar-refractivity contribution in [3.63, 3.8) is 0 Å². The molecule has 0 spiro atoms. The second-order valence-corrected chi connectivity index (χ2v) is 6.14. The van der Waals surface area contributed by atoms with Crippen LogP contribution >= 0.6 is 11.3 Å². The molecule has 0 bridgehead atoms. The average Bonchev–Trinajstić information content (AvgIpc) is 2.84. The number of carbonyl (C=O) groups excluding carboxylic acids is 2. The summed E-state index contributed by atoms with van der Waals surface area (Å²) in [6.45, 7) is 2.99. The molecule has 1 fully saturated rings. The molecule has 0 aromatic carbocycles. The summed E-state index contributed by atoms with van der Waals surface area (Å²) in [6.07, 6.45) is -0.392. The number of amides is 3. The zero-order valence-corrected chi connectivity index (χ0v) is 12.4. The summed E-state index contributed by atoms with van der Waals surface area (Å²) in [5.41, 5.74) is 0. The van der Waals surface area contributed by atoms with Gasteiger partial charge in [0.15, 0.2) is 0 Å². The standard InChI is InChI=1S/C13H17N3O4S/c1-8-2-3-9(21-8)7-15-13(20)16-5-4-14-12(19)10(16)6-11(17)18/h2-3,10H,4-7H2,1H3,(H,14,19)(H,15,20)(H,17,18). The van der Waals surface area contributed by atoms with Crippen LogP contribution < -0.4 is 10.6 Å². The maximum absolute atomic E-state index is 12.2. The number of carboxylic acids is 1. The van der Waals surface area contributed by atoms with Gasteiger partial charge in [-0.15, -0.1) is 11.3 Å². The van der Waals surface area contributed by atoms with Crippen molar-refractivity contribution in [1.82, 2.24) is 15.5 Å². The lowest BCUT2D eigenvalue weighted by Gasteiger charge is -2.34. The van der Waals surface area contributed by atoms with Crippen molar-refractivity contribution in [2.24, 2.45) is 0 Å². The number of carbonyl (C=O) groups is 3. The van der Waals surface area contributed by atoms with Gasteiger partial charge in [-0.2, -0.15) is 0 Å². The highest BCUT2D eigenvalue weighted by Crippen LogP contribution is 2.15. The highest BCUT2D eigenvalue weighted by atomic mass is 32.1. The highest BCUT2D eigenvalue weighted by molar-refractivity contribution is 7.11. The highest BCUT2D eigenvalue weighted by Gasteiger charge is 2.34. The van der Waals surface area contributed by atoms with Crippen LogP contribution in [0.2, 0.25) is 0 Å². The molecule has 1 saturated heterocycles. The monoisotopic (exact) mass is 311 g/mol. The van der Waals surface area contributed by atoms with Crippen molar-refractivity contribution in [3.8, 4) is 0 Å². The van der Waals surface area contributed by atoms with Crippen LogP contribution in [0.4, 0.5) is 4.79 Å².